The third-order valence-corrected chi connectivity index (χ3v) is 6.11. The Morgan fingerprint density at radius 2 is 2.16 bits per heavy atom. The average Bonchev–Trinajstić information content (AvgIpc) is 3.17. The van der Waals surface area contributed by atoms with Crippen LogP contribution in [0.5, 0.6) is 11.6 Å². The number of ether oxygens (including phenoxy) is 1. The van der Waals surface area contributed by atoms with E-state index in [1.807, 2.05) is 20.8 Å². The lowest BCUT2D eigenvalue weighted by molar-refractivity contribution is 0.0713. The van der Waals surface area contributed by atoms with Crippen LogP contribution in [0.15, 0.2) is 18.2 Å². The van der Waals surface area contributed by atoms with Crippen LogP contribution in [-0.2, 0) is 0 Å². The summed E-state index contributed by atoms with van der Waals surface area (Å²) in [5, 5.41) is 11.2. The van der Waals surface area contributed by atoms with Gasteiger partial charge in [-0.2, -0.15) is 4.98 Å². The van der Waals surface area contributed by atoms with Gasteiger partial charge in [0.1, 0.15) is 11.6 Å². The van der Waals surface area contributed by atoms with Crippen molar-refractivity contribution in [2.24, 2.45) is 5.41 Å². The second kappa shape index (κ2) is 8.55. The molecule has 1 amide bonds. The molecule has 0 atom stereocenters. The van der Waals surface area contributed by atoms with E-state index in [2.05, 4.69) is 25.4 Å². The lowest BCUT2D eigenvalue weighted by atomic mass is 9.81. The van der Waals surface area contributed by atoms with E-state index in [9.17, 15) is 9.18 Å². The lowest BCUT2D eigenvalue weighted by Gasteiger charge is -2.39. The maximum absolute atomic E-state index is 14.0. The van der Waals surface area contributed by atoms with Crippen molar-refractivity contribution >= 4 is 23.3 Å². The summed E-state index contributed by atoms with van der Waals surface area (Å²) in [5.74, 6) is -0.0202. The summed E-state index contributed by atoms with van der Waals surface area (Å²) >= 11 is 6.03. The Morgan fingerprint density at radius 3 is 2.77 bits per heavy atom. The topological polar surface area (TPSA) is 83.5 Å². The number of hydrogen-bond acceptors (Lipinski definition) is 7. The zero-order valence-corrected chi connectivity index (χ0v) is 18.6. The number of benzene rings is 1. The number of hydrogen-bond donors (Lipinski definition) is 1. The fraction of sp³-hybridized carbons (Fsp3) is 0.524. The number of aromatic nitrogens is 3. The molecule has 0 unspecified atom stereocenters. The van der Waals surface area contributed by atoms with Crippen LogP contribution >= 0.6 is 11.6 Å². The minimum atomic E-state index is -0.519. The Kier molecular flexibility index (Phi) is 5.98. The minimum absolute atomic E-state index is 0.0161. The molecule has 10 heteroatoms. The summed E-state index contributed by atoms with van der Waals surface area (Å²) in [6.07, 6.45) is 1.03. The van der Waals surface area contributed by atoms with Gasteiger partial charge in [0.25, 0.3) is 11.8 Å². The van der Waals surface area contributed by atoms with Crippen LogP contribution in [0, 0.1) is 11.2 Å². The van der Waals surface area contributed by atoms with Crippen LogP contribution in [0.4, 0.5) is 10.2 Å². The smallest absolute Gasteiger partial charge is 0.282 e. The van der Waals surface area contributed by atoms with Gasteiger partial charge in [0.2, 0.25) is 5.28 Å². The third-order valence-electron chi connectivity index (χ3n) is 5.95. The van der Waals surface area contributed by atoms with Crippen molar-refractivity contribution in [2.45, 2.75) is 33.2 Å². The van der Waals surface area contributed by atoms with E-state index in [0.29, 0.717) is 12.4 Å². The van der Waals surface area contributed by atoms with E-state index in [0.717, 1.165) is 32.6 Å². The van der Waals surface area contributed by atoms with Crippen LogP contribution < -0.4 is 15.0 Å². The maximum Gasteiger partial charge on any atom is 0.282 e. The first-order valence-electron chi connectivity index (χ1n) is 10.5. The molecule has 2 aromatic rings. The number of anilines is 1. The molecule has 2 aliphatic heterocycles. The van der Waals surface area contributed by atoms with Crippen LogP contribution in [0.25, 0.3) is 0 Å². The first-order chi connectivity index (χ1) is 14.8. The molecule has 1 spiro atoms. The van der Waals surface area contributed by atoms with Crippen molar-refractivity contribution in [2.75, 3.05) is 37.6 Å². The number of nitrogens with zero attached hydrogens (tertiary/aromatic N) is 5. The minimum Gasteiger partial charge on any atom is -0.434 e. The SMILES string of the molecule is CCN(C(=O)c1cc(F)ccc1Oc1nnc(Cl)nc1N1CCC2(CNC2)C1)C(C)C. The van der Waals surface area contributed by atoms with E-state index < -0.39 is 5.82 Å². The van der Waals surface area contributed by atoms with Gasteiger partial charge in [0.15, 0.2) is 5.82 Å². The highest BCUT2D eigenvalue weighted by Gasteiger charge is 2.44. The van der Waals surface area contributed by atoms with Crippen molar-refractivity contribution < 1.29 is 13.9 Å². The second-order valence-electron chi connectivity index (χ2n) is 8.41. The van der Waals surface area contributed by atoms with E-state index in [1.165, 1.54) is 18.2 Å². The van der Waals surface area contributed by atoms with Gasteiger partial charge in [-0.3, -0.25) is 4.79 Å². The summed E-state index contributed by atoms with van der Waals surface area (Å²) in [6, 6.07) is 3.82. The van der Waals surface area contributed by atoms with Crippen LogP contribution in [-0.4, -0.2) is 64.8 Å². The van der Waals surface area contributed by atoms with Crippen molar-refractivity contribution in [1.82, 2.24) is 25.4 Å². The van der Waals surface area contributed by atoms with Crippen LogP contribution in [0.1, 0.15) is 37.6 Å². The average molecular weight is 449 g/mol. The largest absolute Gasteiger partial charge is 0.434 e. The Hall–Kier alpha value is -2.52. The highest BCUT2D eigenvalue weighted by molar-refractivity contribution is 6.28. The van der Waals surface area contributed by atoms with Crippen LogP contribution in [0.2, 0.25) is 5.28 Å². The summed E-state index contributed by atoms with van der Waals surface area (Å²) in [6.45, 7) is 9.71. The highest BCUT2D eigenvalue weighted by atomic mass is 35.5. The molecule has 0 saturated carbocycles. The first-order valence-corrected chi connectivity index (χ1v) is 10.8. The molecule has 2 saturated heterocycles. The third kappa shape index (κ3) is 4.29. The van der Waals surface area contributed by atoms with Crippen molar-refractivity contribution in [1.29, 1.82) is 0 Å². The van der Waals surface area contributed by atoms with Crippen molar-refractivity contribution in [3.8, 4) is 11.6 Å². The number of amides is 1. The summed E-state index contributed by atoms with van der Waals surface area (Å²) in [4.78, 5) is 21.2. The van der Waals surface area contributed by atoms with Crippen molar-refractivity contribution in [3.05, 3.63) is 34.9 Å². The normalized spacial score (nSPS) is 17.2. The zero-order valence-electron chi connectivity index (χ0n) is 17.9. The van der Waals surface area contributed by atoms with Gasteiger partial charge < -0.3 is 19.9 Å². The molecule has 0 radical (unpaired) electrons. The Labute approximate surface area is 185 Å². The molecule has 8 nitrogen and oxygen atoms in total. The molecule has 1 aromatic carbocycles. The van der Waals surface area contributed by atoms with Gasteiger partial charge in [-0.15, -0.1) is 10.2 Å². The molecule has 0 aliphatic carbocycles. The molecule has 166 valence electrons. The molecule has 2 aliphatic rings. The van der Waals surface area contributed by atoms with Gasteiger partial charge in [-0.1, -0.05) is 0 Å². The number of carbonyl (C=O) groups excluding carboxylic acids is 1. The molecule has 1 aromatic heterocycles. The van der Waals surface area contributed by atoms with Gasteiger partial charge in [0.05, 0.1) is 5.56 Å². The zero-order chi connectivity index (χ0) is 22.2. The summed E-state index contributed by atoms with van der Waals surface area (Å²) in [5.41, 5.74) is 0.351. The van der Waals surface area contributed by atoms with E-state index in [4.69, 9.17) is 16.3 Å². The Balaban J connectivity index is 1.66. The number of halogens is 2. The summed E-state index contributed by atoms with van der Waals surface area (Å²) < 4.78 is 20.0. The number of rotatable bonds is 6. The Bertz CT molecular complexity index is 984. The lowest BCUT2D eigenvalue weighted by Crippen LogP contribution is -2.54. The molecular weight excluding hydrogens is 423 g/mol. The summed E-state index contributed by atoms with van der Waals surface area (Å²) in [7, 11) is 0. The quantitative estimate of drug-likeness (QED) is 0.726. The van der Waals surface area contributed by atoms with E-state index in [-0.39, 0.29) is 39.8 Å². The molecule has 2 fully saturated rings. The molecule has 4 rings (SSSR count). The molecule has 3 heterocycles. The Morgan fingerprint density at radius 1 is 1.39 bits per heavy atom. The highest BCUT2D eigenvalue weighted by Crippen LogP contribution is 2.39. The van der Waals surface area contributed by atoms with Gasteiger partial charge in [-0.25, -0.2) is 4.39 Å². The predicted molar refractivity (Wildman–Crippen MR) is 115 cm³/mol. The number of nitrogens with one attached hydrogen (secondary N) is 1. The van der Waals surface area contributed by atoms with Gasteiger partial charge in [-0.05, 0) is 57.0 Å². The fourth-order valence-corrected chi connectivity index (χ4v) is 4.32. The standard InChI is InChI=1S/C21H26ClFN6O2/c1-4-29(13(2)3)19(30)15-9-14(23)5-6-16(15)31-18-17(25-20(22)27-26-18)28-8-7-21(12-28)10-24-11-21/h5-6,9,13,24H,4,7-8,10-12H2,1-3H3. The molecular formula is C21H26ClFN6O2. The van der Waals surface area contributed by atoms with E-state index >= 15 is 0 Å². The first kappa shape index (κ1) is 21.7. The molecule has 1 N–H and O–H groups in total. The molecule has 0 bridgehead atoms. The van der Waals surface area contributed by atoms with Gasteiger partial charge in [0, 0.05) is 44.2 Å². The number of carbonyl (C=O) groups is 1. The van der Waals surface area contributed by atoms with E-state index in [1.54, 1.807) is 4.90 Å². The maximum atomic E-state index is 14.0. The van der Waals surface area contributed by atoms with Crippen molar-refractivity contribution in [3.63, 3.8) is 0 Å². The monoisotopic (exact) mass is 448 g/mol. The predicted octanol–water partition coefficient (Wildman–Crippen LogP) is 3.13. The van der Waals surface area contributed by atoms with Crippen LogP contribution in [0.3, 0.4) is 0 Å². The van der Waals surface area contributed by atoms with Gasteiger partial charge >= 0.3 is 0 Å². The fourth-order valence-electron chi connectivity index (χ4n) is 4.20. The second-order valence-corrected chi connectivity index (χ2v) is 8.75. The molecule has 31 heavy (non-hydrogen) atoms.